The van der Waals surface area contributed by atoms with Crippen LogP contribution in [0.4, 0.5) is 0 Å². The zero-order valence-corrected chi connectivity index (χ0v) is 12.6. The van der Waals surface area contributed by atoms with E-state index in [0.29, 0.717) is 31.2 Å². The van der Waals surface area contributed by atoms with Crippen LogP contribution in [0.5, 0.6) is 0 Å². The lowest BCUT2D eigenvalue weighted by atomic mass is 10.2. The van der Waals surface area contributed by atoms with Crippen molar-refractivity contribution in [2.75, 3.05) is 32.6 Å². The highest BCUT2D eigenvalue weighted by molar-refractivity contribution is 7.91. The number of nitrogens with one attached hydrogen (secondary N) is 1. The van der Waals surface area contributed by atoms with Gasteiger partial charge >= 0.3 is 0 Å². The fraction of sp³-hybridized carbons (Fsp3) is 0.500. The van der Waals surface area contributed by atoms with Crippen molar-refractivity contribution >= 4 is 9.84 Å². The molecule has 20 heavy (non-hydrogen) atoms. The molecule has 0 heterocycles. The Kier molecular flexibility index (Phi) is 6.65. The van der Waals surface area contributed by atoms with Crippen LogP contribution in [-0.4, -0.2) is 41.0 Å². The first kappa shape index (κ1) is 16.6. The lowest BCUT2D eigenvalue weighted by Crippen LogP contribution is -2.28. The summed E-state index contributed by atoms with van der Waals surface area (Å²) in [6, 6.07) is 8.03. The van der Waals surface area contributed by atoms with Crippen molar-refractivity contribution in [1.29, 1.82) is 5.26 Å². The monoisotopic (exact) mass is 296 g/mol. The first-order chi connectivity index (χ1) is 9.49. The van der Waals surface area contributed by atoms with Gasteiger partial charge in [0.05, 0.1) is 22.3 Å². The van der Waals surface area contributed by atoms with Gasteiger partial charge in [0.2, 0.25) is 0 Å². The topological polar surface area (TPSA) is 79.2 Å². The van der Waals surface area contributed by atoms with Gasteiger partial charge in [-0.15, -0.1) is 0 Å². The van der Waals surface area contributed by atoms with Crippen molar-refractivity contribution in [3.63, 3.8) is 0 Å². The maximum absolute atomic E-state index is 12.1. The van der Waals surface area contributed by atoms with Gasteiger partial charge in [-0.25, -0.2) is 8.42 Å². The Morgan fingerprint density at radius 2 is 2.20 bits per heavy atom. The Labute approximate surface area is 120 Å². The molecule has 0 aromatic heterocycles. The molecule has 110 valence electrons. The average molecular weight is 296 g/mol. The van der Waals surface area contributed by atoms with E-state index in [1.165, 1.54) is 12.1 Å². The van der Waals surface area contributed by atoms with Gasteiger partial charge in [-0.2, -0.15) is 5.26 Å². The molecule has 1 aromatic carbocycles. The van der Waals surface area contributed by atoms with Gasteiger partial charge in [0, 0.05) is 20.3 Å². The normalized spacial score (nSPS) is 12.8. The second-order valence-corrected chi connectivity index (χ2v) is 6.83. The van der Waals surface area contributed by atoms with Crippen molar-refractivity contribution in [3.8, 4) is 6.07 Å². The Morgan fingerprint density at radius 3 is 2.85 bits per heavy atom. The summed E-state index contributed by atoms with van der Waals surface area (Å²) in [4.78, 5) is 0.197. The molecule has 1 aromatic rings. The number of nitrogens with zero attached hydrogens (tertiary/aromatic N) is 1. The van der Waals surface area contributed by atoms with Crippen LogP contribution in [-0.2, 0) is 14.6 Å². The summed E-state index contributed by atoms with van der Waals surface area (Å²) >= 11 is 0. The zero-order chi connectivity index (χ0) is 15.0. The summed E-state index contributed by atoms with van der Waals surface area (Å²) in [5, 5.41) is 11.9. The number of benzene rings is 1. The third-order valence-corrected chi connectivity index (χ3v) is 4.53. The zero-order valence-electron chi connectivity index (χ0n) is 11.8. The SMILES string of the molecule is COCC(C)CNCCS(=O)(=O)c1cccc(C#N)c1. The summed E-state index contributed by atoms with van der Waals surface area (Å²) in [5.74, 6) is 0.353. The molecule has 1 atom stereocenters. The minimum atomic E-state index is -3.35. The average Bonchev–Trinajstić information content (AvgIpc) is 2.44. The van der Waals surface area contributed by atoms with E-state index in [-0.39, 0.29) is 10.6 Å². The smallest absolute Gasteiger partial charge is 0.179 e. The summed E-state index contributed by atoms with van der Waals surface area (Å²) in [5.41, 5.74) is 0.354. The van der Waals surface area contributed by atoms with Gasteiger partial charge in [0.15, 0.2) is 9.84 Å². The van der Waals surface area contributed by atoms with Crippen molar-refractivity contribution in [2.24, 2.45) is 5.92 Å². The molecule has 0 saturated carbocycles. The summed E-state index contributed by atoms with van der Waals surface area (Å²) in [6.07, 6.45) is 0. The molecule has 0 saturated heterocycles. The first-order valence-corrected chi connectivity index (χ1v) is 8.07. The first-order valence-electron chi connectivity index (χ1n) is 6.42. The van der Waals surface area contributed by atoms with E-state index in [9.17, 15) is 8.42 Å². The van der Waals surface area contributed by atoms with Gasteiger partial charge in [0.1, 0.15) is 0 Å². The molecule has 6 heteroatoms. The molecule has 0 bridgehead atoms. The van der Waals surface area contributed by atoms with Crippen LogP contribution in [0.2, 0.25) is 0 Å². The van der Waals surface area contributed by atoms with Gasteiger partial charge in [-0.05, 0) is 30.7 Å². The Hall–Kier alpha value is -1.42. The van der Waals surface area contributed by atoms with Gasteiger partial charge in [-0.3, -0.25) is 0 Å². The fourth-order valence-electron chi connectivity index (χ4n) is 1.78. The van der Waals surface area contributed by atoms with E-state index in [1.807, 2.05) is 13.0 Å². The predicted octanol–water partition coefficient (Wildman–Crippen LogP) is 1.20. The van der Waals surface area contributed by atoms with Crippen LogP contribution in [0.15, 0.2) is 29.2 Å². The van der Waals surface area contributed by atoms with E-state index in [1.54, 1.807) is 19.2 Å². The molecular formula is C14H20N2O3S. The molecule has 1 rings (SSSR count). The second-order valence-electron chi connectivity index (χ2n) is 4.72. The second kappa shape index (κ2) is 8.00. The van der Waals surface area contributed by atoms with E-state index in [4.69, 9.17) is 10.00 Å². The van der Waals surface area contributed by atoms with E-state index >= 15 is 0 Å². The largest absolute Gasteiger partial charge is 0.384 e. The summed E-state index contributed by atoms with van der Waals surface area (Å²) < 4.78 is 29.2. The molecule has 0 aliphatic carbocycles. The minimum absolute atomic E-state index is 0.0155. The number of hydrogen-bond acceptors (Lipinski definition) is 5. The molecule has 5 nitrogen and oxygen atoms in total. The number of methoxy groups -OCH3 is 1. The van der Waals surface area contributed by atoms with Gasteiger partial charge in [-0.1, -0.05) is 13.0 Å². The Morgan fingerprint density at radius 1 is 1.45 bits per heavy atom. The number of nitriles is 1. The van der Waals surface area contributed by atoms with Gasteiger partial charge in [0.25, 0.3) is 0 Å². The fourth-order valence-corrected chi connectivity index (χ4v) is 3.02. The number of rotatable bonds is 8. The molecule has 0 spiro atoms. The molecule has 0 aliphatic heterocycles. The van der Waals surface area contributed by atoms with Crippen molar-refractivity contribution in [1.82, 2.24) is 5.32 Å². The molecule has 0 fully saturated rings. The lowest BCUT2D eigenvalue weighted by Gasteiger charge is -2.11. The highest BCUT2D eigenvalue weighted by Gasteiger charge is 2.14. The quantitative estimate of drug-likeness (QED) is 0.729. The van der Waals surface area contributed by atoms with Crippen molar-refractivity contribution in [3.05, 3.63) is 29.8 Å². The maximum atomic E-state index is 12.1. The van der Waals surface area contributed by atoms with E-state index < -0.39 is 9.84 Å². The van der Waals surface area contributed by atoms with E-state index in [0.717, 1.165) is 0 Å². The van der Waals surface area contributed by atoms with Crippen LogP contribution in [0.1, 0.15) is 12.5 Å². The molecule has 1 N–H and O–H groups in total. The maximum Gasteiger partial charge on any atom is 0.179 e. The Balaban J connectivity index is 2.52. The number of ether oxygens (including phenoxy) is 1. The van der Waals surface area contributed by atoms with Crippen molar-refractivity contribution in [2.45, 2.75) is 11.8 Å². The highest BCUT2D eigenvalue weighted by Crippen LogP contribution is 2.12. The van der Waals surface area contributed by atoms with E-state index in [2.05, 4.69) is 5.32 Å². The van der Waals surface area contributed by atoms with Gasteiger partial charge < -0.3 is 10.1 Å². The standard InChI is InChI=1S/C14H20N2O3S/c1-12(11-19-2)10-16-6-7-20(17,18)14-5-3-4-13(8-14)9-15/h3-5,8,12,16H,6-7,10-11H2,1-2H3. The molecule has 0 aliphatic rings. The minimum Gasteiger partial charge on any atom is -0.384 e. The van der Waals surface area contributed by atoms with Crippen LogP contribution in [0, 0.1) is 17.2 Å². The predicted molar refractivity (Wildman–Crippen MR) is 77.1 cm³/mol. The lowest BCUT2D eigenvalue weighted by molar-refractivity contribution is 0.159. The summed E-state index contributed by atoms with van der Waals surface area (Å²) in [6.45, 7) is 3.76. The van der Waals surface area contributed by atoms with Crippen molar-refractivity contribution < 1.29 is 13.2 Å². The number of sulfone groups is 1. The summed E-state index contributed by atoms with van der Waals surface area (Å²) in [7, 11) is -1.71. The number of hydrogen-bond donors (Lipinski definition) is 1. The van der Waals surface area contributed by atoms with Crippen LogP contribution in [0.25, 0.3) is 0 Å². The molecular weight excluding hydrogens is 276 g/mol. The third-order valence-electron chi connectivity index (χ3n) is 2.81. The highest BCUT2D eigenvalue weighted by atomic mass is 32.2. The Bertz CT molecular complexity index is 564. The molecule has 0 radical (unpaired) electrons. The van der Waals surface area contributed by atoms with Crippen LogP contribution in [0.3, 0.4) is 0 Å². The van der Waals surface area contributed by atoms with Crippen LogP contribution >= 0.6 is 0 Å². The third kappa shape index (κ3) is 5.29. The molecule has 1 unspecified atom stereocenters. The van der Waals surface area contributed by atoms with Crippen LogP contribution < -0.4 is 5.32 Å². The molecule has 0 amide bonds.